The van der Waals surface area contributed by atoms with Gasteiger partial charge in [0.2, 0.25) is 5.69 Å². The van der Waals surface area contributed by atoms with Crippen molar-refractivity contribution in [3.05, 3.63) is 47.4 Å². The second kappa shape index (κ2) is 6.31. The number of aryl methyl sites for hydroxylation is 2. The Balaban J connectivity index is 2.65. The highest BCUT2D eigenvalue weighted by molar-refractivity contribution is 6.90. The number of aromatic nitrogens is 1. The van der Waals surface area contributed by atoms with Crippen LogP contribution in [0.1, 0.15) is 5.56 Å². The molecule has 0 atom stereocenters. The summed E-state index contributed by atoms with van der Waals surface area (Å²) in [5.74, 6) is 0. The molecule has 0 aliphatic heterocycles. The molecule has 1 aromatic carbocycles. The first-order valence-electron chi connectivity index (χ1n) is 8.48. The van der Waals surface area contributed by atoms with Crippen molar-refractivity contribution in [1.82, 2.24) is 0 Å². The van der Waals surface area contributed by atoms with Crippen LogP contribution in [0.15, 0.2) is 30.5 Å². The highest BCUT2D eigenvalue weighted by atomic mass is 28.3. The van der Waals surface area contributed by atoms with Gasteiger partial charge in [0.05, 0.1) is 22.7 Å². The molecule has 0 saturated carbocycles. The van der Waals surface area contributed by atoms with E-state index in [0.717, 1.165) is 5.69 Å². The van der Waals surface area contributed by atoms with Gasteiger partial charge in [0.15, 0.2) is 11.9 Å². The molecule has 1 heterocycles. The van der Waals surface area contributed by atoms with Crippen molar-refractivity contribution in [2.45, 2.75) is 46.2 Å². The second-order valence-corrected chi connectivity index (χ2v) is 18.8. The number of pyridine rings is 1. The molecular weight excluding hydrogens is 324 g/mol. The number of nitrogens with zero attached hydrogens (tertiary/aromatic N) is 2. The van der Waals surface area contributed by atoms with Crippen molar-refractivity contribution >= 4 is 32.2 Å². The van der Waals surface area contributed by atoms with Crippen molar-refractivity contribution in [3.63, 3.8) is 0 Å². The molecule has 1 aromatic heterocycles. The standard InChI is InChI=1S/C20H29N2Si2/c1-15-12-20(24(7,8)9)18(21-2)13-17(15)19-11-10-16(14-22(19)3)23(4,5)6/h10-14H,1,3-9H3/q+1. The topological polar surface area (TPSA) is 8.24 Å². The fourth-order valence-corrected chi connectivity index (χ4v) is 5.71. The summed E-state index contributed by atoms with van der Waals surface area (Å²) in [6, 6.07) is 8.84. The van der Waals surface area contributed by atoms with Crippen molar-refractivity contribution in [1.29, 1.82) is 0 Å². The lowest BCUT2D eigenvalue weighted by Crippen LogP contribution is -2.45. The maximum absolute atomic E-state index is 7.61. The molecule has 4 heteroatoms. The van der Waals surface area contributed by atoms with Crippen LogP contribution in [-0.4, -0.2) is 16.1 Å². The molecule has 0 aliphatic carbocycles. The van der Waals surface area contributed by atoms with Crippen LogP contribution in [0.4, 0.5) is 5.69 Å². The molecule has 0 saturated heterocycles. The zero-order chi connectivity index (χ0) is 18.3. The van der Waals surface area contributed by atoms with Crippen LogP contribution in [0.2, 0.25) is 39.3 Å². The Hall–Kier alpha value is -1.71. The predicted molar refractivity (Wildman–Crippen MR) is 110 cm³/mol. The first-order chi connectivity index (χ1) is 10.9. The third-order valence-corrected chi connectivity index (χ3v) is 8.59. The van der Waals surface area contributed by atoms with Gasteiger partial charge in [-0.25, -0.2) is 9.41 Å². The van der Waals surface area contributed by atoms with Gasteiger partial charge in [-0.2, -0.15) is 0 Å². The third kappa shape index (κ3) is 3.68. The van der Waals surface area contributed by atoms with Crippen LogP contribution in [0.3, 0.4) is 0 Å². The van der Waals surface area contributed by atoms with E-state index in [1.165, 1.54) is 27.2 Å². The largest absolute Gasteiger partial charge is 0.238 e. The molecule has 0 N–H and O–H groups in total. The summed E-state index contributed by atoms with van der Waals surface area (Å²) < 4.78 is 2.22. The fourth-order valence-electron chi connectivity index (χ4n) is 3.00. The zero-order valence-electron chi connectivity index (χ0n) is 16.3. The van der Waals surface area contributed by atoms with Gasteiger partial charge in [-0.15, -0.1) is 0 Å². The average Bonchev–Trinajstić information content (AvgIpc) is 2.45. The molecule has 24 heavy (non-hydrogen) atoms. The van der Waals surface area contributed by atoms with E-state index >= 15 is 0 Å². The minimum absolute atomic E-state index is 0.823. The van der Waals surface area contributed by atoms with Gasteiger partial charge >= 0.3 is 0 Å². The molecule has 0 unspecified atom stereocenters. The van der Waals surface area contributed by atoms with Crippen LogP contribution < -0.4 is 14.9 Å². The van der Waals surface area contributed by atoms with E-state index in [0.29, 0.717) is 0 Å². The molecule has 0 amide bonds. The molecule has 0 fully saturated rings. The second-order valence-electron chi connectivity index (χ2n) is 8.71. The number of hydrogen-bond donors (Lipinski definition) is 0. The Kier molecular flexibility index (Phi) is 4.89. The molecule has 0 spiro atoms. The van der Waals surface area contributed by atoms with E-state index in [1.54, 1.807) is 0 Å². The van der Waals surface area contributed by atoms with Crippen LogP contribution in [0.5, 0.6) is 0 Å². The molecule has 2 rings (SSSR count). The lowest BCUT2D eigenvalue weighted by atomic mass is 10.0. The molecule has 0 radical (unpaired) electrons. The average molecular weight is 354 g/mol. The number of hydrogen-bond acceptors (Lipinski definition) is 0. The normalized spacial score (nSPS) is 12.1. The van der Waals surface area contributed by atoms with Gasteiger partial charge in [0.25, 0.3) is 0 Å². The molecule has 2 aromatic rings. The van der Waals surface area contributed by atoms with Gasteiger partial charge in [0, 0.05) is 16.8 Å². The monoisotopic (exact) mass is 353 g/mol. The molecule has 0 bridgehead atoms. The Morgan fingerprint density at radius 2 is 1.58 bits per heavy atom. The third-order valence-electron chi connectivity index (χ3n) is 4.55. The summed E-state index contributed by atoms with van der Waals surface area (Å²) in [6.07, 6.45) is 2.27. The first kappa shape index (κ1) is 18.6. The van der Waals surface area contributed by atoms with Crippen molar-refractivity contribution in [2.24, 2.45) is 7.05 Å². The summed E-state index contributed by atoms with van der Waals surface area (Å²) in [5.41, 5.74) is 4.44. The van der Waals surface area contributed by atoms with E-state index < -0.39 is 16.1 Å². The maximum Gasteiger partial charge on any atom is 0.211 e. The maximum atomic E-state index is 7.61. The SMILES string of the molecule is [C-]#[N+]c1cc(-c2ccc([Si](C)(C)C)c[n+]2C)c(C)cc1[Si](C)(C)C. The lowest BCUT2D eigenvalue weighted by molar-refractivity contribution is -0.659. The van der Waals surface area contributed by atoms with E-state index in [2.05, 4.69) is 93.1 Å². The van der Waals surface area contributed by atoms with Crippen molar-refractivity contribution < 1.29 is 4.57 Å². The fraction of sp³-hybridized carbons (Fsp3) is 0.400. The van der Waals surface area contributed by atoms with E-state index in [9.17, 15) is 0 Å². The number of rotatable bonds is 3. The minimum Gasteiger partial charge on any atom is -0.238 e. The van der Waals surface area contributed by atoms with Gasteiger partial charge < -0.3 is 0 Å². The van der Waals surface area contributed by atoms with Crippen LogP contribution in [0, 0.1) is 13.5 Å². The Labute approximate surface area is 149 Å². The predicted octanol–water partition coefficient (Wildman–Crippen LogP) is 4.13. The smallest absolute Gasteiger partial charge is 0.211 e. The summed E-state index contributed by atoms with van der Waals surface area (Å²) >= 11 is 0. The first-order valence-corrected chi connectivity index (χ1v) is 15.5. The van der Waals surface area contributed by atoms with Crippen LogP contribution in [-0.2, 0) is 7.05 Å². The highest BCUT2D eigenvalue weighted by Gasteiger charge is 2.25. The quantitative estimate of drug-likeness (QED) is 0.445. The van der Waals surface area contributed by atoms with Crippen LogP contribution in [0.25, 0.3) is 16.1 Å². The van der Waals surface area contributed by atoms with E-state index in [4.69, 9.17) is 6.57 Å². The van der Waals surface area contributed by atoms with Crippen molar-refractivity contribution in [2.75, 3.05) is 0 Å². The van der Waals surface area contributed by atoms with Gasteiger partial charge in [-0.3, -0.25) is 0 Å². The highest BCUT2D eigenvalue weighted by Crippen LogP contribution is 2.26. The Morgan fingerprint density at radius 1 is 0.958 bits per heavy atom. The minimum atomic E-state index is -1.52. The van der Waals surface area contributed by atoms with E-state index in [1.807, 2.05) is 0 Å². The van der Waals surface area contributed by atoms with Gasteiger partial charge in [0.1, 0.15) is 7.05 Å². The Morgan fingerprint density at radius 3 is 2.04 bits per heavy atom. The summed E-state index contributed by atoms with van der Waals surface area (Å²) in [5, 5.41) is 2.72. The molecule has 2 nitrogen and oxygen atoms in total. The lowest BCUT2D eigenvalue weighted by Gasteiger charge is -2.21. The molecule has 126 valence electrons. The number of benzene rings is 1. The summed E-state index contributed by atoms with van der Waals surface area (Å²) in [6.45, 7) is 23.8. The summed E-state index contributed by atoms with van der Waals surface area (Å²) in [4.78, 5) is 3.83. The molecule has 0 aliphatic rings. The van der Waals surface area contributed by atoms with E-state index in [-0.39, 0.29) is 0 Å². The van der Waals surface area contributed by atoms with Gasteiger partial charge in [-0.1, -0.05) is 56.6 Å². The van der Waals surface area contributed by atoms with Gasteiger partial charge in [-0.05, 0) is 18.6 Å². The Bertz CT molecular complexity index is 819. The van der Waals surface area contributed by atoms with Crippen molar-refractivity contribution in [3.8, 4) is 11.3 Å². The zero-order valence-corrected chi connectivity index (χ0v) is 18.3. The van der Waals surface area contributed by atoms with Crippen LogP contribution >= 0.6 is 0 Å². The summed E-state index contributed by atoms with van der Waals surface area (Å²) in [7, 11) is -0.721. The molecular formula is C20H29N2Si2+.